The van der Waals surface area contributed by atoms with Crippen LogP contribution in [0.1, 0.15) is 31.4 Å². The highest BCUT2D eigenvalue weighted by Crippen LogP contribution is 2.20. The van der Waals surface area contributed by atoms with Gasteiger partial charge in [-0.15, -0.1) is 0 Å². The van der Waals surface area contributed by atoms with Crippen LogP contribution < -0.4 is 5.32 Å². The van der Waals surface area contributed by atoms with Crippen LogP contribution in [0, 0.1) is 5.92 Å². The van der Waals surface area contributed by atoms with E-state index in [9.17, 15) is 9.59 Å². The molecule has 0 aliphatic carbocycles. The molecule has 2 N–H and O–H groups in total. The molecule has 0 saturated carbocycles. The van der Waals surface area contributed by atoms with Crippen molar-refractivity contribution in [2.45, 2.75) is 25.8 Å². The standard InChI is InChI=1S/C18H22N4O3/c1-13(14-4-2-6-16(10-14)22-9-7-19-12-22)20-18(25)21-8-3-5-15(11-21)17(23)24/h2,4,6-7,9-10,12-13,15H,3,5,8,11H2,1H3,(H,20,25)(H,23,24). The second-order valence-corrected chi connectivity index (χ2v) is 6.36. The number of carboxylic acid groups (broad SMARTS) is 1. The van der Waals surface area contributed by atoms with Crippen LogP contribution in [-0.4, -0.2) is 44.6 Å². The van der Waals surface area contributed by atoms with Crippen molar-refractivity contribution in [2.24, 2.45) is 5.92 Å². The lowest BCUT2D eigenvalue weighted by atomic mass is 9.98. The van der Waals surface area contributed by atoms with Crippen LogP contribution >= 0.6 is 0 Å². The van der Waals surface area contributed by atoms with Crippen LogP contribution in [0.15, 0.2) is 43.0 Å². The molecule has 1 saturated heterocycles. The Hall–Kier alpha value is -2.83. The van der Waals surface area contributed by atoms with Crippen molar-refractivity contribution in [2.75, 3.05) is 13.1 Å². The lowest BCUT2D eigenvalue weighted by molar-refractivity contribution is -0.143. The Morgan fingerprint density at radius 1 is 1.40 bits per heavy atom. The molecule has 0 spiro atoms. The van der Waals surface area contributed by atoms with Crippen molar-refractivity contribution < 1.29 is 14.7 Å². The Balaban J connectivity index is 1.65. The minimum absolute atomic E-state index is 0.179. The SMILES string of the molecule is CC(NC(=O)N1CCCC(C(=O)O)C1)c1cccc(-n2ccnc2)c1. The Morgan fingerprint density at radius 2 is 2.24 bits per heavy atom. The van der Waals surface area contributed by atoms with E-state index in [2.05, 4.69) is 10.3 Å². The van der Waals surface area contributed by atoms with Gasteiger partial charge in [-0.1, -0.05) is 12.1 Å². The highest BCUT2D eigenvalue weighted by Gasteiger charge is 2.28. The number of likely N-dealkylation sites (tertiary alicyclic amines) is 1. The zero-order chi connectivity index (χ0) is 17.8. The maximum atomic E-state index is 12.5. The molecule has 2 heterocycles. The van der Waals surface area contributed by atoms with Gasteiger partial charge in [0, 0.05) is 31.2 Å². The van der Waals surface area contributed by atoms with Gasteiger partial charge in [-0.05, 0) is 37.5 Å². The molecule has 1 aliphatic heterocycles. The van der Waals surface area contributed by atoms with Crippen molar-refractivity contribution in [1.82, 2.24) is 19.8 Å². The summed E-state index contributed by atoms with van der Waals surface area (Å²) in [6.45, 7) is 2.78. The smallest absolute Gasteiger partial charge is 0.317 e. The Morgan fingerprint density at radius 3 is 2.96 bits per heavy atom. The van der Waals surface area contributed by atoms with Gasteiger partial charge in [0.05, 0.1) is 18.3 Å². The first-order valence-corrected chi connectivity index (χ1v) is 8.41. The highest BCUT2D eigenvalue weighted by atomic mass is 16.4. The molecule has 0 bridgehead atoms. The first-order chi connectivity index (χ1) is 12.0. The van der Waals surface area contributed by atoms with Crippen LogP contribution in [-0.2, 0) is 4.79 Å². The predicted molar refractivity (Wildman–Crippen MR) is 92.4 cm³/mol. The van der Waals surface area contributed by atoms with E-state index in [1.54, 1.807) is 17.4 Å². The van der Waals surface area contributed by atoms with Gasteiger partial charge in [-0.3, -0.25) is 4.79 Å². The van der Waals surface area contributed by atoms with Crippen molar-refractivity contribution in [1.29, 1.82) is 0 Å². The monoisotopic (exact) mass is 342 g/mol. The molecule has 3 rings (SSSR count). The van der Waals surface area contributed by atoms with Gasteiger partial charge >= 0.3 is 12.0 Å². The third kappa shape index (κ3) is 3.99. The summed E-state index contributed by atoms with van der Waals surface area (Å²) in [6, 6.07) is 7.48. The van der Waals surface area contributed by atoms with Gasteiger partial charge in [0.2, 0.25) is 0 Å². The minimum atomic E-state index is -0.835. The molecule has 2 unspecified atom stereocenters. The molecule has 25 heavy (non-hydrogen) atoms. The number of carbonyl (C=O) groups is 2. The Labute approximate surface area is 146 Å². The summed E-state index contributed by atoms with van der Waals surface area (Å²) in [4.78, 5) is 29.3. The summed E-state index contributed by atoms with van der Waals surface area (Å²) >= 11 is 0. The molecule has 7 heteroatoms. The predicted octanol–water partition coefficient (Wildman–Crippen LogP) is 2.44. The molecule has 132 valence electrons. The number of aromatic nitrogens is 2. The number of nitrogens with zero attached hydrogens (tertiary/aromatic N) is 3. The number of nitrogens with one attached hydrogen (secondary N) is 1. The van der Waals surface area contributed by atoms with Gasteiger partial charge in [-0.2, -0.15) is 0 Å². The molecule has 2 amide bonds. The quantitative estimate of drug-likeness (QED) is 0.893. The van der Waals surface area contributed by atoms with E-state index >= 15 is 0 Å². The van der Waals surface area contributed by atoms with Gasteiger partial charge in [0.25, 0.3) is 0 Å². The van der Waals surface area contributed by atoms with Gasteiger partial charge in [0.15, 0.2) is 0 Å². The number of carboxylic acids is 1. The number of urea groups is 1. The average Bonchev–Trinajstić information content (AvgIpc) is 3.16. The second kappa shape index (κ2) is 7.38. The van der Waals surface area contributed by atoms with Crippen molar-refractivity contribution >= 4 is 12.0 Å². The van der Waals surface area contributed by atoms with Crippen LogP contribution in [0.2, 0.25) is 0 Å². The lowest BCUT2D eigenvalue weighted by Gasteiger charge is -2.31. The summed E-state index contributed by atoms with van der Waals surface area (Å²) in [7, 11) is 0. The molecule has 1 aliphatic rings. The summed E-state index contributed by atoms with van der Waals surface area (Å²) < 4.78 is 1.90. The fraction of sp³-hybridized carbons (Fsp3) is 0.389. The van der Waals surface area contributed by atoms with E-state index in [0.29, 0.717) is 13.0 Å². The molecule has 7 nitrogen and oxygen atoms in total. The number of rotatable bonds is 4. The Kier molecular flexibility index (Phi) is 5.02. The fourth-order valence-corrected chi connectivity index (χ4v) is 3.09. The number of carbonyl (C=O) groups excluding carboxylic acids is 1. The molecular weight excluding hydrogens is 320 g/mol. The molecule has 1 aromatic heterocycles. The van der Waals surface area contributed by atoms with Gasteiger partial charge in [0.1, 0.15) is 0 Å². The lowest BCUT2D eigenvalue weighted by Crippen LogP contribution is -2.47. The second-order valence-electron chi connectivity index (χ2n) is 6.36. The van der Waals surface area contributed by atoms with E-state index < -0.39 is 11.9 Å². The van der Waals surface area contributed by atoms with E-state index in [1.165, 1.54) is 0 Å². The first-order valence-electron chi connectivity index (χ1n) is 8.41. The average molecular weight is 342 g/mol. The number of imidazole rings is 1. The number of piperidine rings is 1. The molecule has 2 aromatic rings. The third-order valence-corrected chi connectivity index (χ3v) is 4.57. The maximum absolute atomic E-state index is 12.5. The van der Waals surface area contributed by atoms with E-state index in [1.807, 2.05) is 42.0 Å². The number of benzene rings is 1. The molecule has 1 fully saturated rings. The van der Waals surface area contributed by atoms with Crippen molar-refractivity contribution in [3.63, 3.8) is 0 Å². The molecule has 2 atom stereocenters. The third-order valence-electron chi connectivity index (χ3n) is 4.57. The fourth-order valence-electron chi connectivity index (χ4n) is 3.09. The summed E-state index contributed by atoms with van der Waals surface area (Å²) in [6.07, 6.45) is 6.65. The summed E-state index contributed by atoms with van der Waals surface area (Å²) in [5, 5.41) is 12.1. The van der Waals surface area contributed by atoms with Crippen LogP contribution in [0.5, 0.6) is 0 Å². The van der Waals surface area contributed by atoms with Gasteiger partial charge < -0.3 is 19.9 Å². The van der Waals surface area contributed by atoms with E-state index in [-0.39, 0.29) is 18.6 Å². The number of aliphatic carboxylic acids is 1. The van der Waals surface area contributed by atoms with Gasteiger partial charge in [-0.25, -0.2) is 9.78 Å². The first kappa shape index (κ1) is 17.0. The number of amides is 2. The van der Waals surface area contributed by atoms with Crippen LogP contribution in [0.4, 0.5) is 4.79 Å². The van der Waals surface area contributed by atoms with E-state index in [0.717, 1.165) is 17.7 Å². The summed E-state index contributed by atoms with van der Waals surface area (Å²) in [5.41, 5.74) is 1.95. The molecular formula is C18H22N4O3. The number of hydrogen-bond acceptors (Lipinski definition) is 3. The van der Waals surface area contributed by atoms with Crippen LogP contribution in [0.25, 0.3) is 5.69 Å². The molecule has 0 radical (unpaired) electrons. The zero-order valence-electron chi connectivity index (χ0n) is 14.1. The maximum Gasteiger partial charge on any atom is 0.317 e. The minimum Gasteiger partial charge on any atom is -0.481 e. The number of hydrogen-bond donors (Lipinski definition) is 2. The van der Waals surface area contributed by atoms with Crippen molar-refractivity contribution in [3.8, 4) is 5.69 Å². The topological polar surface area (TPSA) is 87.5 Å². The molecule has 1 aromatic carbocycles. The largest absolute Gasteiger partial charge is 0.481 e. The Bertz CT molecular complexity index is 745. The zero-order valence-corrected chi connectivity index (χ0v) is 14.1. The van der Waals surface area contributed by atoms with Crippen molar-refractivity contribution in [3.05, 3.63) is 48.5 Å². The highest BCUT2D eigenvalue weighted by molar-refractivity contribution is 5.77. The summed E-state index contributed by atoms with van der Waals surface area (Å²) in [5.74, 6) is -1.31. The normalized spacial score (nSPS) is 18.6. The van der Waals surface area contributed by atoms with E-state index in [4.69, 9.17) is 5.11 Å². The van der Waals surface area contributed by atoms with Crippen LogP contribution in [0.3, 0.4) is 0 Å².